The predicted octanol–water partition coefficient (Wildman–Crippen LogP) is 5.06. The van der Waals surface area contributed by atoms with Gasteiger partial charge in [0.2, 0.25) is 0 Å². The van der Waals surface area contributed by atoms with Crippen LogP contribution in [-0.2, 0) is 11.2 Å². The number of benzene rings is 1. The van der Waals surface area contributed by atoms with Crippen molar-refractivity contribution in [1.82, 2.24) is 5.32 Å². The third kappa shape index (κ3) is 8.69. The van der Waals surface area contributed by atoms with E-state index in [1.165, 1.54) is 32.1 Å². The van der Waals surface area contributed by atoms with Crippen LogP contribution in [0.2, 0.25) is 0 Å². The number of unbranched alkanes of at least 4 members (excludes halogenated alkanes) is 1. The SMILES string of the molecule is CCCCC1[CH-]C=C(CCc2ccc(O)c(OC[C@H](O)[C+]3C=C([C@H](CNC[C@H](C)O)C4CCCC4)C=N3)c2)O1. The topological polar surface area (TPSA) is 104 Å². The number of aromatic hydroxyl groups is 1. The van der Waals surface area contributed by atoms with Crippen molar-refractivity contribution in [2.24, 2.45) is 16.8 Å². The predicted molar refractivity (Wildman–Crippen MR) is 155 cm³/mol. The van der Waals surface area contributed by atoms with Gasteiger partial charge in [-0.2, -0.15) is 12.5 Å². The van der Waals surface area contributed by atoms with Crippen molar-refractivity contribution in [3.8, 4) is 11.5 Å². The van der Waals surface area contributed by atoms with Crippen molar-refractivity contribution in [2.75, 3.05) is 19.7 Å². The Morgan fingerprint density at radius 3 is 2.79 bits per heavy atom. The van der Waals surface area contributed by atoms with Crippen molar-refractivity contribution in [3.05, 3.63) is 59.7 Å². The van der Waals surface area contributed by atoms with Crippen molar-refractivity contribution < 1.29 is 24.8 Å². The van der Waals surface area contributed by atoms with E-state index in [2.05, 4.69) is 29.7 Å². The molecule has 1 unspecified atom stereocenters. The number of aliphatic hydroxyl groups excluding tert-OH is 2. The Hall–Kier alpha value is -2.61. The summed E-state index contributed by atoms with van der Waals surface area (Å²) in [5.41, 5.74) is 2.16. The molecule has 1 aromatic carbocycles. The number of rotatable bonds is 16. The molecule has 0 bridgehead atoms. The average molecular weight is 539 g/mol. The number of nitrogens with zero attached hydrogens (tertiary/aromatic N) is 1. The largest absolute Gasteiger partial charge is 0.592 e. The molecule has 1 aromatic rings. The molecule has 39 heavy (non-hydrogen) atoms. The smallest absolute Gasteiger partial charge is 0.181 e. The van der Waals surface area contributed by atoms with Gasteiger partial charge >= 0.3 is 0 Å². The van der Waals surface area contributed by atoms with Crippen LogP contribution in [0.1, 0.15) is 70.8 Å². The van der Waals surface area contributed by atoms with Gasteiger partial charge in [0, 0.05) is 19.2 Å². The van der Waals surface area contributed by atoms with Crippen molar-refractivity contribution in [2.45, 2.75) is 89.9 Å². The molecule has 7 heteroatoms. The number of phenolic OH excluding ortho intramolecular Hbond substituents is 1. The van der Waals surface area contributed by atoms with Crippen molar-refractivity contribution >= 4 is 6.21 Å². The summed E-state index contributed by atoms with van der Waals surface area (Å²) in [6.45, 7) is 5.32. The molecule has 0 amide bonds. The number of aliphatic imine (C=N–C) groups is 1. The summed E-state index contributed by atoms with van der Waals surface area (Å²) in [6, 6.07) is 5.96. The second-order valence-corrected chi connectivity index (χ2v) is 11.2. The fraction of sp³-hybridized carbons (Fsp3) is 0.594. The minimum absolute atomic E-state index is 0.00414. The molecule has 7 nitrogen and oxygen atoms in total. The van der Waals surface area contributed by atoms with E-state index < -0.39 is 6.10 Å². The maximum atomic E-state index is 10.8. The molecule has 2 aliphatic heterocycles. The molecule has 1 aliphatic carbocycles. The van der Waals surface area contributed by atoms with E-state index in [1.54, 1.807) is 13.0 Å². The molecular weight excluding hydrogens is 492 g/mol. The highest BCUT2D eigenvalue weighted by Crippen LogP contribution is 2.37. The zero-order valence-electron chi connectivity index (χ0n) is 23.5. The Balaban J connectivity index is 1.28. The summed E-state index contributed by atoms with van der Waals surface area (Å²) < 4.78 is 11.9. The van der Waals surface area contributed by atoms with Gasteiger partial charge in [-0.25, -0.2) is 0 Å². The number of hydrogen-bond donors (Lipinski definition) is 4. The molecule has 0 saturated heterocycles. The second-order valence-electron chi connectivity index (χ2n) is 11.2. The number of phenols is 1. The number of aliphatic hydroxyl groups is 2. The van der Waals surface area contributed by atoms with Crippen LogP contribution in [0.25, 0.3) is 0 Å². The Labute approximate surface area is 234 Å². The number of allylic oxidation sites excluding steroid dienone is 1. The van der Waals surface area contributed by atoms with Gasteiger partial charge in [-0.3, -0.25) is 0 Å². The average Bonchev–Trinajstić information content (AvgIpc) is 3.71. The number of ether oxygens (including phenoxy) is 2. The normalized spacial score (nSPS) is 21.3. The van der Waals surface area contributed by atoms with Gasteiger partial charge in [-0.1, -0.05) is 50.9 Å². The quantitative estimate of drug-likeness (QED) is 0.219. The lowest BCUT2D eigenvalue weighted by Gasteiger charge is -2.21. The van der Waals surface area contributed by atoms with E-state index in [9.17, 15) is 15.3 Å². The van der Waals surface area contributed by atoms with E-state index in [0.717, 1.165) is 49.1 Å². The summed E-state index contributed by atoms with van der Waals surface area (Å²) in [6.07, 6.45) is 16.8. The fourth-order valence-electron chi connectivity index (χ4n) is 5.69. The lowest BCUT2D eigenvalue weighted by Crippen LogP contribution is -2.33. The van der Waals surface area contributed by atoms with E-state index in [-0.39, 0.29) is 24.6 Å². The van der Waals surface area contributed by atoms with Crippen LogP contribution in [0.3, 0.4) is 0 Å². The molecule has 0 spiro atoms. The van der Waals surface area contributed by atoms with E-state index >= 15 is 0 Å². The van der Waals surface area contributed by atoms with Gasteiger partial charge < -0.3 is 30.1 Å². The highest BCUT2D eigenvalue weighted by Gasteiger charge is 2.37. The van der Waals surface area contributed by atoms with Crippen LogP contribution < -0.4 is 10.1 Å². The van der Waals surface area contributed by atoms with Crippen LogP contribution in [0.15, 0.2) is 46.7 Å². The Morgan fingerprint density at radius 1 is 1.21 bits per heavy atom. The number of hydrogen-bond acceptors (Lipinski definition) is 7. The zero-order valence-corrected chi connectivity index (χ0v) is 23.5. The van der Waals surface area contributed by atoms with Gasteiger partial charge in [0.25, 0.3) is 0 Å². The minimum atomic E-state index is -0.899. The molecule has 1 fully saturated rings. The zero-order chi connectivity index (χ0) is 27.6. The maximum absolute atomic E-state index is 10.8. The molecule has 0 radical (unpaired) electrons. The highest BCUT2D eigenvalue weighted by molar-refractivity contribution is 5.84. The van der Waals surface area contributed by atoms with Gasteiger partial charge in [-0.15, -0.1) is 4.99 Å². The highest BCUT2D eigenvalue weighted by atomic mass is 16.5. The lowest BCUT2D eigenvalue weighted by atomic mass is 9.84. The van der Waals surface area contributed by atoms with Gasteiger partial charge in [-0.05, 0) is 56.2 Å². The first-order valence-corrected chi connectivity index (χ1v) is 14.8. The van der Waals surface area contributed by atoms with Crippen LogP contribution in [0, 0.1) is 24.3 Å². The standard InChI is InChI=1S/C32H46N2O5/c1-3-4-9-26-13-14-27(39-26)12-10-23-11-15-30(36)32(16-23)38-21-31(37)29-17-25(19-34-29)28(20-33-18-22(2)35)24-7-5-6-8-24/h11,13-17,19,22,24,26,28,31,33,35-37H,3-10,12,18,20-21H2,1-2H3/t22-,26?,28+,31-/m0/s1. The maximum Gasteiger partial charge on any atom is 0.181 e. The monoisotopic (exact) mass is 538 g/mol. The molecular formula is C32H46N2O5. The summed E-state index contributed by atoms with van der Waals surface area (Å²) >= 11 is 0. The van der Waals surface area contributed by atoms with E-state index in [1.807, 2.05) is 24.4 Å². The number of aryl methyl sites for hydroxylation is 1. The van der Waals surface area contributed by atoms with Crippen LogP contribution >= 0.6 is 0 Å². The molecule has 1 saturated carbocycles. The molecule has 4 atom stereocenters. The molecule has 214 valence electrons. The third-order valence-electron chi connectivity index (χ3n) is 7.94. The van der Waals surface area contributed by atoms with Crippen molar-refractivity contribution in [1.29, 1.82) is 0 Å². The molecule has 0 aromatic heterocycles. The first-order chi connectivity index (χ1) is 18.9. The first kappa shape index (κ1) is 29.4. The first-order valence-electron chi connectivity index (χ1n) is 14.8. The Kier molecular flexibility index (Phi) is 11.1. The minimum Gasteiger partial charge on any atom is -0.592 e. The van der Waals surface area contributed by atoms with E-state index in [4.69, 9.17) is 9.47 Å². The van der Waals surface area contributed by atoms with Crippen LogP contribution in [-0.4, -0.2) is 59.5 Å². The van der Waals surface area contributed by atoms with E-state index in [0.29, 0.717) is 30.2 Å². The van der Waals surface area contributed by atoms with Gasteiger partial charge in [0.05, 0.1) is 18.1 Å². The third-order valence-corrected chi connectivity index (χ3v) is 7.94. The van der Waals surface area contributed by atoms with Crippen LogP contribution in [0.5, 0.6) is 11.5 Å². The summed E-state index contributed by atoms with van der Waals surface area (Å²) in [5.74, 6) is 2.30. The van der Waals surface area contributed by atoms with Gasteiger partial charge in [0.1, 0.15) is 12.2 Å². The van der Waals surface area contributed by atoms with Gasteiger partial charge in [0.15, 0.2) is 29.9 Å². The second kappa shape index (κ2) is 14.7. The molecule has 4 N–H and O–H groups in total. The summed E-state index contributed by atoms with van der Waals surface area (Å²) in [4.78, 5) is 4.51. The number of nitrogens with one attached hydrogen (secondary N) is 1. The molecule has 3 aliphatic rings. The van der Waals surface area contributed by atoms with Crippen LogP contribution in [0.4, 0.5) is 0 Å². The fourth-order valence-corrected chi connectivity index (χ4v) is 5.69. The summed E-state index contributed by atoms with van der Waals surface area (Å²) in [5, 5.41) is 34.2. The molecule has 2 heterocycles. The Bertz CT molecular complexity index is 998. The Morgan fingerprint density at radius 2 is 2.03 bits per heavy atom. The lowest BCUT2D eigenvalue weighted by molar-refractivity contribution is 0.120. The molecule has 4 rings (SSSR count). The summed E-state index contributed by atoms with van der Waals surface area (Å²) in [7, 11) is 0. The van der Waals surface area contributed by atoms with Crippen molar-refractivity contribution in [3.63, 3.8) is 0 Å².